The highest BCUT2D eigenvalue weighted by molar-refractivity contribution is 6.04. The maximum Gasteiger partial charge on any atom is 0.326 e. The number of benzene rings is 1. The van der Waals surface area contributed by atoms with Crippen molar-refractivity contribution >= 4 is 17.9 Å². The molecule has 2 aliphatic rings. The lowest BCUT2D eigenvalue weighted by molar-refractivity contribution is -0.189. The average Bonchev–Trinajstić information content (AvgIpc) is 3.15. The number of ether oxygens (including phenoxy) is 3. The Bertz CT molecular complexity index is 880. The van der Waals surface area contributed by atoms with E-state index < -0.39 is 52.5 Å². The lowest BCUT2D eigenvalue weighted by atomic mass is 9.63. The van der Waals surface area contributed by atoms with Gasteiger partial charge < -0.3 is 14.2 Å². The molecule has 3 rings (SSSR count). The standard InChI is InChI=1S/C28H41NO6/c1-26(2,3)34-24(31)28(25(32)35-27(4,5)6)20(18-14-10-8-11-15-18)21(23(30)33-7)29-22(28)19-16-12-9-13-17-19/h8,10-11,14-15,19-22,29H,9,12-13,16-17H2,1-7H3/t20-,21+,22+/m1/s1. The summed E-state index contributed by atoms with van der Waals surface area (Å²) >= 11 is 0. The Hall–Kier alpha value is -2.41. The minimum atomic E-state index is -1.76. The highest BCUT2D eigenvalue weighted by Gasteiger charge is 2.70. The van der Waals surface area contributed by atoms with Crippen molar-refractivity contribution in [2.24, 2.45) is 11.3 Å². The Kier molecular flexibility index (Phi) is 7.99. The Morgan fingerprint density at radius 1 is 0.857 bits per heavy atom. The van der Waals surface area contributed by atoms with Crippen LogP contribution >= 0.6 is 0 Å². The van der Waals surface area contributed by atoms with Crippen molar-refractivity contribution in [3.05, 3.63) is 35.9 Å². The van der Waals surface area contributed by atoms with Gasteiger partial charge in [0.25, 0.3) is 0 Å². The van der Waals surface area contributed by atoms with Crippen molar-refractivity contribution < 1.29 is 28.6 Å². The summed E-state index contributed by atoms with van der Waals surface area (Å²) in [5.74, 6) is -2.70. The molecule has 1 aromatic carbocycles. The van der Waals surface area contributed by atoms with Gasteiger partial charge >= 0.3 is 17.9 Å². The zero-order chi connectivity index (χ0) is 26.0. The van der Waals surface area contributed by atoms with E-state index in [0.29, 0.717) is 5.56 Å². The molecule has 2 fully saturated rings. The summed E-state index contributed by atoms with van der Waals surface area (Å²) in [6.07, 6.45) is 4.80. The topological polar surface area (TPSA) is 90.9 Å². The van der Waals surface area contributed by atoms with Crippen molar-refractivity contribution in [1.82, 2.24) is 5.32 Å². The Morgan fingerprint density at radius 2 is 1.37 bits per heavy atom. The summed E-state index contributed by atoms with van der Waals surface area (Å²) in [6.45, 7) is 10.7. The maximum absolute atomic E-state index is 14.3. The number of esters is 3. The summed E-state index contributed by atoms with van der Waals surface area (Å²) in [5.41, 5.74) is -2.75. The fourth-order valence-corrected chi connectivity index (χ4v) is 5.62. The van der Waals surface area contributed by atoms with Crippen LogP contribution in [0.3, 0.4) is 0 Å². The molecule has 0 spiro atoms. The van der Waals surface area contributed by atoms with E-state index in [-0.39, 0.29) is 5.92 Å². The number of hydrogen-bond donors (Lipinski definition) is 1. The number of methoxy groups -OCH3 is 1. The molecule has 0 amide bonds. The van der Waals surface area contributed by atoms with Crippen LogP contribution in [-0.2, 0) is 28.6 Å². The van der Waals surface area contributed by atoms with Crippen LogP contribution in [0.2, 0.25) is 0 Å². The number of hydrogen-bond acceptors (Lipinski definition) is 7. The van der Waals surface area contributed by atoms with Crippen molar-refractivity contribution in [1.29, 1.82) is 0 Å². The summed E-state index contributed by atoms with van der Waals surface area (Å²) in [5, 5.41) is 3.41. The summed E-state index contributed by atoms with van der Waals surface area (Å²) in [7, 11) is 1.32. The molecule has 0 radical (unpaired) electrons. The minimum Gasteiger partial charge on any atom is -0.468 e. The van der Waals surface area contributed by atoms with E-state index in [2.05, 4.69) is 5.32 Å². The molecule has 0 aromatic heterocycles. The molecule has 0 unspecified atom stereocenters. The predicted octanol–water partition coefficient (Wildman–Crippen LogP) is 4.53. The fourth-order valence-electron chi connectivity index (χ4n) is 5.62. The van der Waals surface area contributed by atoms with E-state index in [1.54, 1.807) is 41.5 Å². The third kappa shape index (κ3) is 5.71. The molecule has 194 valence electrons. The van der Waals surface area contributed by atoms with Gasteiger partial charge in [-0.1, -0.05) is 49.6 Å². The lowest BCUT2D eigenvalue weighted by Gasteiger charge is -2.42. The molecule has 1 aromatic rings. The second-order valence-electron chi connectivity index (χ2n) is 11.8. The van der Waals surface area contributed by atoms with Crippen LogP contribution < -0.4 is 5.32 Å². The Labute approximate surface area is 209 Å². The largest absolute Gasteiger partial charge is 0.468 e. The molecule has 7 nitrogen and oxygen atoms in total. The van der Waals surface area contributed by atoms with E-state index in [4.69, 9.17) is 14.2 Å². The quantitative estimate of drug-likeness (QED) is 0.371. The van der Waals surface area contributed by atoms with Crippen molar-refractivity contribution in [3.63, 3.8) is 0 Å². The molecule has 3 atom stereocenters. The molecule has 1 aliphatic heterocycles. The number of carbonyl (C=O) groups is 3. The van der Waals surface area contributed by atoms with Gasteiger partial charge in [0.1, 0.15) is 17.2 Å². The van der Waals surface area contributed by atoms with Gasteiger partial charge in [0.05, 0.1) is 7.11 Å². The molecule has 35 heavy (non-hydrogen) atoms. The van der Waals surface area contributed by atoms with Gasteiger partial charge in [0.2, 0.25) is 0 Å². The molecule has 1 heterocycles. The van der Waals surface area contributed by atoms with Crippen LogP contribution in [-0.4, -0.2) is 48.3 Å². The number of carbonyl (C=O) groups excluding carboxylic acids is 3. The number of nitrogens with one attached hydrogen (secondary N) is 1. The zero-order valence-corrected chi connectivity index (χ0v) is 22.2. The first-order chi connectivity index (χ1) is 16.3. The first kappa shape index (κ1) is 27.2. The second kappa shape index (κ2) is 10.3. The fraction of sp³-hybridized carbons (Fsp3) is 0.679. The maximum atomic E-state index is 14.3. The minimum absolute atomic E-state index is 0.00431. The second-order valence-corrected chi connectivity index (χ2v) is 11.8. The van der Waals surface area contributed by atoms with Crippen LogP contribution in [0.4, 0.5) is 0 Å². The van der Waals surface area contributed by atoms with Crippen molar-refractivity contribution in [3.8, 4) is 0 Å². The molecule has 1 aliphatic carbocycles. The van der Waals surface area contributed by atoms with Crippen LogP contribution in [0.15, 0.2) is 30.3 Å². The SMILES string of the molecule is COC(=O)[C@H]1N[C@@H](C2CCCCC2)C(C(=O)OC(C)(C)C)(C(=O)OC(C)(C)C)[C@@H]1c1ccccc1. The molecule has 1 saturated carbocycles. The van der Waals surface area contributed by atoms with E-state index >= 15 is 0 Å². The monoisotopic (exact) mass is 487 g/mol. The highest BCUT2D eigenvalue weighted by Crippen LogP contribution is 2.53. The normalized spacial score (nSPS) is 25.1. The van der Waals surface area contributed by atoms with Gasteiger partial charge in [0, 0.05) is 12.0 Å². The smallest absolute Gasteiger partial charge is 0.326 e. The van der Waals surface area contributed by atoms with Gasteiger partial charge in [-0.25, -0.2) is 0 Å². The molecule has 1 saturated heterocycles. The van der Waals surface area contributed by atoms with Crippen molar-refractivity contribution in [2.75, 3.05) is 7.11 Å². The molecular formula is C28H41NO6. The van der Waals surface area contributed by atoms with E-state index in [1.807, 2.05) is 30.3 Å². The third-order valence-electron chi connectivity index (χ3n) is 6.88. The first-order valence-corrected chi connectivity index (χ1v) is 12.7. The highest BCUT2D eigenvalue weighted by atomic mass is 16.6. The van der Waals surface area contributed by atoms with Crippen LogP contribution in [0.25, 0.3) is 0 Å². The zero-order valence-electron chi connectivity index (χ0n) is 22.2. The van der Waals surface area contributed by atoms with Gasteiger partial charge in [-0.05, 0) is 65.9 Å². The van der Waals surface area contributed by atoms with Crippen LogP contribution in [0.5, 0.6) is 0 Å². The average molecular weight is 488 g/mol. The van der Waals surface area contributed by atoms with Gasteiger partial charge in [-0.15, -0.1) is 0 Å². The van der Waals surface area contributed by atoms with Crippen LogP contribution in [0.1, 0.15) is 85.1 Å². The van der Waals surface area contributed by atoms with Gasteiger partial charge in [-0.3, -0.25) is 19.7 Å². The third-order valence-corrected chi connectivity index (χ3v) is 6.88. The Morgan fingerprint density at radius 3 is 1.83 bits per heavy atom. The predicted molar refractivity (Wildman–Crippen MR) is 133 cm³/mol. The van der Waals surface area contributed by atoms with E-state index in [0.717, 1.165) is 32.1 Å². The van der Waals surface area contributed by atoms with E-state index in [1.165, 1.54) is 7.11 Å². The van der Waals surface area contributed by atoms with Gasteiger partial charge in [0.15, 0.2) is 5.41 Å². The van der Waals surface area contributed by atoms with Gasteiger partial charge in [-0.2, -0.15) is 0 Å². The molecule has 1 N–H and O–H groups in total. The van der Waals surface area contributed by atoms with Crippen molar-refractivity contribution in [2.45, 2.75) is 103 Å². The summed E-state index contributed by atoms with van der Waals surface area (Å²) in [4.78, 5) is 41.7. The first-order valence-electron chi connectivity index (χ1n) is 12.7. The number of rotatable bonds is 5. The lowest BCUT2D eigenvalue weighted by Crippen LogP contribution is -2.58. The molecular weight excluding hydrogens is 446 g/mol. The summed E-state index contributed by atoms with van der Waals surface area (Å²) < 4.78 is 17.1. The summed E-state index contributed by atoms with van der Waals surface area (Å²) in [6, 6.07) is 7.68. The Balaban J connectivity index is 2.31. The molecule has 0 bridgehead atoms. The van der Waals surface area contributed by atoms with E-state index in [9.17, 15) is 14.4 Å². The van der Waals surface area contributed by atoms with Crippen LogP contribution in [0, 0.1) is 11.3 Å². The molecule has 7 heteroatoms.